The van der Waals surface area contributed by atoms with Crippen molar-refractivity contribution in [3.05, 3.63) is 59.7 Å². The Morgan fingerprint density at radius 2 is 1.81 bits per heavy atom. The molecule has 1 N–H and O–H groups in total. The molecule has 0 saturated carbocycles. The average Bonchev–Trinajstić information content (AvgIpc) is 2.67. The summed E-state index contributed by atoms with van der Waals surface area (Å²) in [7, 11) is 0. The molecule has 1 heterocycles. The van der Waals surface area contributed by atoms with E-state index in [1.165, 1.54) is 16.8 Å². The van der Waals surface area contributed by atoms with Crippen LogP contribution in [0.5, 0.6) is 0 Å². The second kappa shape index (κ2) is 8.86. The van der Waals surface area contributed by atoms with Gasteiger partial charge in [0.15, 0.2) is 0 Å². The first-order valence-corrected chi connectivity index (χ1v) is 9.57. The van der Waals surface area contributed by atoms with E-state index in [1.54, 1.807) is 0 Å². The first-order valence-electron chi connectivity index (χ1n) is 9.57. The van der Waals surface area contributed by atoms with Crippen LogP contribution in [-0.2, 0) is 11.2 Å². The number of benzene rings is 2. The zero-order valence-corrected chi connectivity index (χ0v) is 15.9. The lowest BCUT2D eigenvalue weighted by atomic mass is 10.1. The summed E-state index contributed by atoms with van der Waals surface area (Å²) in [4.78, 5) is 17.1. The predicted octanol–water partition coefficient (Wildman–Crippen LogP) is 3.71. The highest BCUT2D eigenvalue weighted by atomic mass is 16.1. The third-order valence-corrected chi connectivity index (χ3v) is 5.07. The summed E-state index contributed by atoms with van der Waals surface area (Å²) >= 11 is 0. The van der Waals surface area contributed by atoms with E-state index in [1.807, 2.05) is 18.2 Å². The van der Waals surface area contributed by atoms with Gasteiger partial charge in [-0.3, -0.25) is 9.69 Å². The van der Waals surface area contributed by atoms with Crippen molar-refractivity contribution in [1.82, 2.24) is 4.90 Å². The minimum absolute atomic E-state index is 0.104. The number of amides is 1. The number of hydrogen-bond donors (Lipinski definition) is 1. The summed E-state index contributed by atoms with van der Waals surface area (Å²) in [5, 5.41) is 3.07. The lowest BCUT2D eigenvalue weighted by Gasteiger charge is -2.36. The van der Waals surface area contributed by atoms with Crippen molar-refractivity contribution in [2.24, 2.45) is 0 Å². The second-order valence-corrected chi connectivity index (χ2v) is 6.98. The van der Waals surface area contributed by atoms with E-state index in [-0.39, 0.29) is 5.91 Å². The van der Waals surface area contributed by atoms with Gasteiger partial charge < -0.3 is 10.2 Å². The number of para-hydroxylation sites is 1. The molecule has 0 radical (unpaired) electrons. The molecule has 4 heteroatoms. The maximum Gasteiger partial charge on any atom is 0.225 e. The molecule has 1 aliphatic rings. The molecule has 1 saturated heterocycles. The molecule has 1 fully saturated rings. The van der Waals surface area contributed by atoms with Crippen LogP contribution in [0.15, 0.2) is 48.5 Å². The Hall–Kier alpha value is -2.33. The fourth-order valence-electron chi connectivity index (χ4n) is 3.48. The van der Waals surface area contributed by atoms with Crippen LogP contribution in [-0.4, -0.2) is 43.5 Å². The van der Waals surface area contributed by atoms with Crippen molar-refractivity contribution in [2.45, 2.75) is 26.7 Å². The monoisotopic (exact) mass is 351 g/mol. The number of carbonyl (C=O) groups is 1. The lowest BCUT2D eigenvalue weighted by molar-refractivity contribution is -0.116. The van der Waals surface area contributed by atoms with Crippen LogP contribution in [0.2, 0.25) is 0 Å². The first kappa shape index (κ1) is 18.5. The molecule has 0 atom stereocenters. The van der Waals surface area contributed by atoms with E-state index in [2.05, 4.69) is 59.3 Å². The highest BCUT2D eigenvalue weighted by Crippen LogP contribution is 2.18. The van der Waals surface area contributed by atoms with Gasteiger partial charge in [0.25, 0.3) is 0 Å². The maximum absolute atomic E-state index is 12.3. The molecular formula is C22H29N3O. The van der Waals surface area contributed by atoms with Crippen molar-refractivity contribution in [2.75, 3.05) is 42.9 Å². The Morgan fingerprint density at radius 3 is 2.54 bits per heavy atom. The van der Waals surface area contributed by atoms with Crippen molar-refractivity contribution in [3.8, 4) is 0 Å². The number of nitrogens with one attached hydrogen (secondary N) is 1. The van der Waals surface area contributed by atoms with E-state index in [9.17, 15) is 4.79 Å². The fraction of sp³-hybridized carbons (Fsp3) is 0.409. The standard InChI is InChI=1S/C22H29N3O/c1-3-19-8-4-5-10-21(19)23-22(26)11-12-24-13-15-25(16-14-24)20-9-6-7-18(2)17-20/h4-10,17H,3,11-16H2,1-2H3,(H,23,26). The minimum Gasteiger partial charge on any atom is -0.369 e. The van der Waals surface area contributed by atoms with Gasteiger partial charge in [0.2, 0.25) is 5.91 Å². The smallest absolute Gasteiger partial charge is 0.225 e. The van der Waals surface area contributed by atoms with Crippen LogP contribution < -0.4 is 10.2 Å². The largest absolute Gasteiger partial charge is 0.369 e. The Labute approximate surface area is 156 Å². The lowest BCUT2D eigenvalue weighted by Crippen LogP contribution is -2.47. The quantitative estimate of drug-likeness (QED) is 0.862. The highest BCUT2D eigenvalue weighted by Gasteiger charge is 2.18. The molecule has 1 aliphatic heterocycles. The first-order chi connectivity index (χ1) is 12.7. The van der Waals surface area contributed by atoms with E-state index < -0.39 is 0 Å². The fourth-order valence-corrected chi connectivity index (χ4v) is 3.48. The predicted molar refractivity (Wildman–Crippen MR) is 109 cm³/mol. The Bertz CT molecular complexity index is 736. The minimum atomic E-state index is 0.104. The highest BCUT2D eigenvalue weighted by molar-refractivity contribution is 5.91. The van der Waals surface area contributed by atoms with Gasteiger partial charge in [-0.05, 0) is 42.7 Å². The van der Waals surface area contributed by atoms with E-state index in [0.717, 1.165) is 44.8 Å². The Morgan fingerprint density at radius 1 is 1.04 bits per heavy atom. The molecule has 0 aromatic heterocycles. The normalized spacial score (nSPS) is 15.1. The summed E-state index contributed by atoms with van der Waals surface area (Å²) in [5.74, 6) is 0.104. The second-order valence-electron chi connectivity index (χ2n) is 6.98. The third kappa shape index (κ3) is 4.85. The molecule has 0 aliphatic carbocycles. The molecule has 0 spiro atoms. The molecule has 1 amide bonds. The van der Waals surface area contributed by atoms with E-state index in [4.69, 9.17) is 0 Å². The number of rotatable bonds is 6. The van der Waals surface area contributed by atoms with Crippen LogP contribution in [0, 0.1) is 6.92 Å². The number of hydrogen-bond acceptors (Lipinski definition) is 3. The van der Waals surface area contributed by atoms with Crippen molar-refractivity contribution in [1.29, 1.82) is 0 Å². The number of piperazine rings is 1. The SMILES string of the molecule is CCc1ccccc1NC(=O)CCN1CCN(c2cccc(C)c2)CC1. The topological polar surface area (TPSA) is 35.6 Å². The molecule has 3 rings (SSSR count). The summed E-state index contributed by atoms with van der Waals surface area (Å²) in [6, 6.07) is 16.7. The van der Waals surface area contributed by atoms with E-state index >= 15 is 0 Å². The van der Waals surface area contributed by atoms with Crippen LogP contribution in [0.1, 0.15) is 24.5 Å². The van der Waals surface area contributed by atoms with Crippen LogP contribution in [0.3, 0.4) is 0 Å². The molecule has 2 aromatic rings. The summed E-state index contributed by atoms with van der Waals surface area (Å²) in [6.07, 6.45) is 1.47. The van der Waals surface area contributed by atoms with Gasteiger partial charge in [-0.15, -0.1) is 0 Å². The molecule has 2 aromatic carbocycles. The van der Waals surface area contributed by atoms with Gasteiger partial charge in [-0.25, -0.2) is 0 Å². The van der Waals surface area contributed by atoms with Gasteiger partial charge in [0.1, 0.15) is 0 Å². The van der Waals surface area contributed by atoms with Gasteiger partial charge in [0, 0.05) is 50.5 Å². The maximum atomic E-state index is 12.3. The zero-order chi connectivity index (χ0) is 18.4. The molecule has 0 bridgehead atoms. The van der Waals surface area contributed by atoms with Crippen LogP contribution >= 0.6 is 0 Å². The van der Waals surface area contributed by atoms with Gasteiger partial charge in [-0.2, -0.15) is 0 Å². The van der Waals surface area contributed by atoms with Crippen molar-refractivity contribution < 1.29 is 4.79 Å². The molecule has 0 unspecified atom stereocenters. The van der Waals surface area contributed by atoms with Crippen molar-refractivity contribution in [3.63, 3.8) is 0 Å². The van der Waals surface area contributed by atoms with Crippen molar-refractivity contribution >= 4 is 17.3 Å². The average molecular weight is 351 g/mol. The Balaban J connectivity index is 1.44. The Kier molecular flexibility index (Phi) is 6.29. The van der Waals surface area contributed by atoms with Gasteiger partial charge in [-0.1, -0.05) is 37.3 Å². The third-order valence-electron chi connectivity index (χ3n) is 5.07. The number of carbonyl (C=O) groups excluding carboxylic acids is 1. The molecule has 138 valence electrons. The molecule has 4 nitrogen and oxygen atoms in total. The number of nitrogens with zero attached hydrogens (tertiary/aromatic N) is 2. The zero-order valence-electron chi connectivity index (χ0n) is 15.9. The summed E-state index contributed by atoms with van der Waals surface area (Å²) in [6.45, 7) is 9.11. The van der Waals surface area contributed by atoms with Crippen LogP contribution in [0.4, 0.5) is 11.4 Å². The summed E-state index contributed by atoms with van der Waals surface area (Å²) < 4.78 is 0. The molecule has 26 heavy (non-hydrogen) atoms. The number of anilines is 2. The van der Waals surface area contributed by atoms with Gasteiger partial charge in [0.05, 0.1) is 0 Å². The van der Waals surface area contributed by atoms with E-state index in [0.29, 0.717) is 6.42 Å². The van der Waals surface area contributed by atoms with Gasteiger partial charge >= 0.3 is 0 Å². The number of aryl methyl sites for hydroxylation is 2. The molecular weight excluding hydrogens is 322 g/mol. The van der Waals surface area contributed by atoms with Crippen LogP contribution in [0.25, 0.3) is 0 Å². The summed E-state index contributed by atoms with van der Waals surface area (Å²) in [5.41, 5.74) is 4.74.